The van der Waals surface area contributed by atoms with Crippen molar-refractivity contribution in [1.29, 1.82) is 0 Å². The third-order valence-corrected chi connectivity index (χ3v) is 1.34. The van der Waals surface area contributed by atoms with Gasteiger partial charge in [-0.1, -0.05) is 17.7 Å². The van der Waals surface area contributed by atoms with E-state index in [9.17, 15) is 8.78 Å². The molecule has 0 spiro atoms. The standard InChI is InChI=1S/C6H5ClF2/c7-5-1-3-6(8,9)4-2-5/h1-3H,4H2. The van der Waals surface area contributed by atoms with Gasteiger partial charge in [0.05, 0.1) is 0 Å². The van der Waals surface area contributed by atoms with E-state index in [0.29, 0.717) is 5.03 Å². The van der Waals surface area contributed by atoms with Crippen LogP contribution in [0.1, 0.15) is 6.42 Å². The Kier molecular flexibility index (Phi) is 1.58. The first kappa shape index (κ1) is 6.75. The fourth-order valence-corrected chi connectivity index (χ4v) is 0.711. The maximum Gasteiger partial charge on any atom is 0.270 e. The highest BCUT2D eigenvalue weighted by molar-refractivity contribution is 6.31. The molecule has 0 saturated carbocycles. The van der Waals surface area contributed by atoms with Crippen LogP contribution in [0.3, 0.4) is 0 Å². The summed E-state index contributed by atoms with van der Waals surface area (Å²) in [6.45, 7) is 0. The second-order valence-electron chi connectivity index (χ2n) is 1.89. The molecular weight excluding hydrogens is 146 g/mol. The zero-order valence-electron chi connectivity index (χ0n) is 4.57. The van der Waals surface area contributed by atoms with Crippen LogP contribution in [0.25, 0.3) is 0 Å². The van der Waals surface area contributed by atoms with Crippen molar-refractivity contribution in [2.45, 2.75) is 12.3 Å². The topological polar surface area (TPSA) is 0 Å². The first-order valence-corrected chi connectivity index (χ1v) is 2.91. The van der Waals surface area contributed by atoms with E-state index in [1.54, 1.807) is 0 Å². The summed E-state index contributed by atoms with van der Waals surface area (Å²) >= 11 is 5.38. The maximum atomic E-state index is 12.2. The maximum absolute atomic E-state index is 12.2. The summed E-state index contributed by atoms with van der Waals surface area (Å²) < 4.78 is 24.4. The van der Waals surface area contributed by atoms with Crippen molar-refractivity contribution in [3.05, 3.63) is 23.3 Å². The fourth-order valence-electron chi connectivity index (χ4n) is 0.571. The first-order valence-electron chi connectivity index (χ1n) is 2.53. The minimum atomic E-state index is -2.68. The van der Waals surface area contributed by atoms with Gasteiger partial charge in [0, 0.05) is 11.5 Å². The van der Waals surface area contributed by atoms with Gasteiger partial charge in [-0.25, -0.2) is 8.78 Å². The smallest absolute Gasteiger partial charge is 0.202 e. The summed E-state index contributed by atoms with van der Waals surface area (Å²) in [7, 11) is 0. The normalized spacial score (nSPS) is 23.7. The zero-order chi connectivity index (χ0) is 6.91. The molecule has 0 bridgehead atoms. The molecule has 0 atom stereocenters. The zero-order valence-corrected chi connectivity index (χ0v) is 5.33. The number of alkyl halides is 2. The minimum absolute atomic E-state index is 0.275. The van der Waals surface area contributed by atoms with Gasteiger partial charge in [0.25, 0.3) is 5.92 Å². The van der Waals surface area contributed by atoms with Crippen molar-refractivity contribution in [1.82, 2.24) is 0 Å². The van der Waals surface area contributed by atoms with Crippen LogP contribution in [0.5, 0.6) is 0 Å². The summed E-state index contributed by atoms with van der Waals surface area (Å²) in [5, 5.41) is 0.390. The molecule has 0 aliphatic heterocycles. The molecule has 0 amide bonds. The van der Waals surface area contributed by atoms with E-state index in [0.717, 1.165) is 6.08 Å². The Bertz CT molecular complexity index is 170. The highest BCUT2D eigenvalue weighted by atomic mass is 35.5. The lowest BCUT2D eigenvalue weighted by atomic mass is 10.1. The third-order valence-electron chi connectivity index (χ3n) is 1.06. The van der Waals surface area contributed by atoms with E-state index >= 15 is 0 Å². The Morgan fingerprint density at radius 1 is 1.56 bits per heavy atom. The lowest BCUT2D eigenvalue weighted by Gasteiger charge is -2.11. The molecule has 9 heavy (non-hydrogen) atoms. The molecule has 0 radical (unpaired) electrons. The van der Waals surface area contributed by atoms with E-state index in [4.69, 9.17) is 11.6 Å². The molecule has 0 unspecified atom stereocenters. The lowest BCUT2D eigenvalue weighted by molar-refractivity contribution is 0.0574. The third kappa shape index (κ3) is 1.79. The Balaban J connectivity index is 2.70. The predicted octanol–water partition coefficient (Wildman–Crippen LogP) is 2.70. The molecule has 0 aromatic rings. The van der Waals surface area contributed by atoms with Crippen molar-refractivity contribution in [3.63, 3.8) is 0 Å². The Morgan fingerprint density at radius 2 is 2.22 bits per heavy atom. The molecule has 1 aliphatic rings. The molecule has 0 aromatic heterocycles. The second kappa shape index (κ2) is 2.10. The van der Waals surface area contributed by atoms with E-state index in [-0.39, 0.29) is 6.42 Å². The Labute approximate surface area is 56.8 Å². The van der Waals surface area contributed by atoms with Crippen molar-refractivity contribution in [3.8, 4) is 0 Å². The van der Waals surface area contributed by atoms with E-state index in [1.807, 2.05) is 0 Å². The molecule has 0 aromatic carbocycles. The van der Waals surface area contributed by atoms with Crippen LogP contribution in [0, 0.1) is 0 Å². The van der Waals surface area contributed by atoms with Gasteiger partial charge in [0.2, 0.25) is 0 Å². The van der Waals surface area contributed by atoms with Gasteiger partial charge in [-0.3, -0.25) is 0 Å². The number of halogens is 3. The molecule has 0 nitrogen and oxygen atoms in total. The lowest BCUT2D eigenvalue weighted by Crippen LogP contribution is -2.12. The summed E-state index contributed by atoms with van der Waals surface area (Å²) in [4.78, 5) is 0. The molecule has 0 N–H and O–H groups in total. The van der Waals surface area contributed by atoms with Crippen molar-refractivity contribution >= 4 is 11.6 Å². The van der Waals surface area contributed by atoms with Gasteiger partial charge in [-0.15, -0.1) is 0 Å². The van der Waals surface area contributed by atoms with Gasteiger partial charge in [-0.2, -0.15) is 0 Å². The minimum Gasteiger partial charge on any atom is -0.202 e. The number of allylic oxidation sites excluding steroid dienone is 4. The van der Waals surface area contributed by atoms with Gasteiger partial charge >= 0.3 is 0 Å². The van der Waals surface area contributed by atoms with Crippen molar-refractivity contribution in [2.75, 3.05) is 0 Å². The van der Waals surface area contributed by atoms with E-state index < -0.39 is 5.92 Å². The van der Waals surface area contributed by atoms with Crippen LogP contribution >= 0.6 is 11.6 Å². The molecule has 0 saturated heterocycles. The van der Waals surface area contributed by atoms with Crippen LogP contribution < -0.4 is 0 Å². The van der Waals surface area contributed by atoms with Gasteiger partial charge < -0.3 is 0 Å². The largest absolute Gasteiger partial charge is 0.270 e. The molecule has 1 aliphatic carbocycles. The molecule has 1 rings (SSSR count). The summed E-state index contributed by atoms with van der Waals surface area (Å²) in [5.74, 6) is -2.68. The highest BCUT2D eigenvalue weighted by Gasteiger charge is 2.25. The number of rotatable bonds is 0. The van der Waals surface area contributed by atoms with Crippen LogP contribution in [-0.4, -0.2) is 5.92 Å². The summed E-state index contributed by atoms with van der Waals surface area (Å²) in [6, 6.07) is 0. The average Bonchev–Trinajstić information content (AvgIpc) is 1.78. The van der Waals surface area contributed by atoms with Crippen LogP contribution in [0.4, 0.5) is 8.78 Å². The van der Waals surface area contributed by atoms with Gasteiger partial charge in [0.15, 0.2) is 0 Å². The SMILES string of the molecule is FC1(F)C=CC(Cl)=CC1. The molecule has 0 fully saturated rings. The summed E-state index contributed by atoms with van der Waals surface area (Å²) in [5.41, 5.74) is 0. The fraction of sp³-hybridized carbons (Fsp3) is 0.333. The van der Waals surface area contributed by atoms with Crippen molar-refractivity contribution in [2.24, 2.45) is 0 Å². The Hall–Kier alpha value is -0.370. The van der Waals surface area contributed by atoms with Crippen LogP contribution in [0.2, 0.25) is 0 Å². The van der Waals surface area contributed by atoms with Crippen LogP contribution in [0.15, 0.2) is 23.3 Å². The van der Waals surface area contributed by atoms with Crippen LogP contribution in [-0.2, 0) is 0 Å². The first-order chi connectivity index (χ1) is 4.10. The quantitative estimate of drug-likeness (QED) is 0.498. The molecule has 50 valence electrons. The van der Waals surface area contributed by atoms with Crippen molar-refractivity contribution < 1.29 is 8.78 Å². The highest BCUT2D eigenvalue weighted by Crippen LogP contribution is 2.27. The number of hydrogen-bond donors (Lipinski definition) is 0. The Morgan fingerprint density at radius 3 is 2.56 bits per heavy atom. The summed E-state index contributed by atoms with van der Waals surface area (Å²) in [6.07, 6.45) is 3.06. The van der Waals surface area contributed by atoms with Gasteiger partial charge in [-0.05, 0) is 12.2 Å². The van der Waals surface area contributed by atoms with Gasteiger partial charge in [0.1, 0.15) is 0 Å². The van der Waals surface area contributed by atoms with E-state index in [2.05, 4.69) is 0 Å². The molecule has 3 heteroatoms. The second-order valence-corrected chi connectivity index (χ2v) is 2.32. The molecule has 0 heterocycles. The average molecular weight is 151 g/mol. The predicted molar refractivity (Wildman–Crippen MR) is 32.6 cm³/mol. The monoisotopic (exact) mass is 150 g/mol. The van der Waals surface area contributed by atoms with E-state index in [1.165, 1.54) is 12.2 Å². The molecular formula is C6H5ClF2. The number of hydrogen-bond acceptors (Lipinski definition) is 0.